The molecule has 0 saturated carbocycles. The first-order chi connectivity index (χ1) is 11.0. The van der Waals surface area contributed by atoms with Crippen molar-refractivity contribution in [3.8, 4) is 0 Å². The fourth-order valence-corrected chi connectivity index (χ4v) is 3.55. The Morgan fingerprint density at radius 2 is 1.83 bits per heavy atom. The summed E-state index contributed by atoms with van der Waals surface area (Å²) in [5.74, 6) is 0. The molecule has 0 bridgehead atoms. The average molecular weight is 345 g/mol. The minimum atomic E-state index is -3.34. The van der Waals surface area contributed by atoms with Crippen LogP contribution in [0, 0.1) is 0 Å². The smallest absolute Gasteiger partial charge is 0.407 e. The van der Waals surface area contributed by atoms with E-state index in [0.717, 1.165) is 5.56 Å². The van der Waals surface area contributed by atoms with E-state index in [0.29, 0.717) is 0 Å². The van der Waals surface area contributed by atoms with E-state index in [9.17, 15) is 14.5 Å². The molecule has 0 heterocycles. The third-order valence-electron chi connectivity index (χ3n) is 2.78. The normalized spacial score (nSPS) is 12.7. The fraction of sp³-hybridized carbons (Fsp3) is 0.533. The first kappa shape index (κ1) is 19.6. The van der Waals surface area contributed by atoms with Crippen LogP contribution in [0.3, 0.4) is 0 Å². The van der Waals surface area contributed by atoms with Crippen molar-refractivity contribution in [1.29, 1.82) is 0 Å². The highest BCUT2D eigenvalue weighted by atomic mass is 31.2. The maximum absolute atomic E-state index is 12.2. The van der Waals surface area contributed by atoms with E-state index >= 15 is 0 Å². The molecular weight excluding hydrogens is 321 g/mol. The SMILES string of the molecule is CCOP(=O)(CC(O)CNC(=O)OCc1ccccc1)OCC. The molecule has 7 nitrogen and oxygen atoms in total. The van der Waals surface area contributed by atoms with Crippen molar-refractivity contribution < 1.29 is 28.3 Å². The lowest BCUT2D eigenvalue weighted by Crippen LogP contribution is -2.34. The molecule has 1 aromatic rings. The van der Waals surface area contributed by atoms with Crippen LogP contribution in [0.25, 0.3) is 0 Å². The summed E-state index contributed by atoms with van der Waals surface area (Å²) in [6.45, 7) is 3.86. The molecule has 1 aromatic carbocycles. The van der Waals surface area contributed by atoms with Gasteiger partial charge in [0, 0.05) is 6.54 Å². The van der Waals surface area contributed by atoms with Crippen LogP contribution in [0.15, 0.2) is 30.3 Å². The van der Waals surface area contributed by atoms with E-state index in [2.05, 4.69) is 5.32 Å². The molecule has 0 aromatic heterocycles. The molecule has 1 unspecified atom stereocenters. The number of alkyl carbamates (subject to hydrolysis) is 1. The number of ether oxygens (including phenoxy) is 1. The number of aliphatic hydroxyl groups excluding tert-OH is 1. The van der Waals surface area contributed by atoms with E-state index < -0.39 is 19.8 Å². The first-order valence-corrected chi connectivity index (χ1v) is 9.22. The Hall–Kier alpha value is -1.40. The zero-order valence-corrected chi connectivity index (χ0v) is 14.3. The van der Waals surface area contributed by atoms with Gasteiger partial charge in [-0.25, -0.2) is 4.79 Å². The first-order valence-electron chi connectivity index (χ1n) is 7.49. The molecule has 23 heavy (non-hydrogen) atoms. The summed E-state index contributed by atoms with van der Waals surface area (Å²) in [7, 11) is -3.34. The van der Waals surface area contributed by atoms with Crippen LogP contribution in [0.2, 0.25) is 0 Å². The van der Waals surface area contributed by atoms with Gasteiger partial charge < -0.3 is 24.2 Å². The van der Waals surface area contributed by atoms with Crippen molar-refractivity contribution in [3.05, 3.63) is 35.9 Å². The summed E-state index contributed by atoms with van der Waals surface area (Å²) < 4.78 is 27.4. The lowest BCUT2D eigenvalue weighted by molar-refractivity contribution is 0.126. The van der Waals surface area contributed by atoms with E-state index in [1.54, 1.807) is 13.8 Å². The summed E-state index contributed by atoms with van der Waals surface area (Å²) in [6, 6.07) is 9.23. The van der Waals surface area contributed by atoms with Crippen LogP contribution >= 0.6 is 7.60 Å². The van der Waals surface area contributed by atoms with Gasteiger partial charge in [0.15, 0.2) is 0 Å². The predicted molar refractivity (Wildman–Crippen MR) is 86.4 cm³/mol. The average Bonchev–Trinajstić information content (AvgIpc) is 2.52. The molecule has 1 amide bonds. The standard InChI is InChI=1S/C15H24NO6P/c1-3-21-23(19,22-4-2)12-14(17)10-16-15(18)20-11-13-8-6-5-7-9-13/h5-9,14,17H,3-4,10-12H2,1-2H3,(H,16,18). The molecule has 2 N–H and O–H groups in total. The van der Waals surface area contributed by atoms with Crippen molar-refractivity contribution in [2.45, 2.75) is 26.6 Å². The highest BCUT2D eigenvalue weighted by molar-refractivity contribution is 7.53. The summed E-state index contributed by atoms with van der Waals surface area (Å²) in [5.41, 5.74) is 0.861. The second-order valence-electron chi connectivity index (χ2n) is 4.73. The molecule has 0 aliphatic rings. The topological polar surface area (TPSA) is 94.1 Å². The predicted octanol–water partition coefficient (Wildman–Crippen LogP) is 2.54. The van der Waals surface area contributed by atoms with Crippen LogP contribution in [-0.4, -0.2) is 43.2 Å². The molecule has 0 spiro atoms. The van der Waals surface area contributed by atoms with E-state index in [4.69, 9.17) is 13.8 Å². The number of carbonyl (C=O) groups excluding carboxylic acids is 1. The van der Waals surface area contributed by atoms with E-state index in [1.807, 2.05) is 30.3 Å². The zero-order valence-electron chi connectivity index (χ0n) is 13.4. The van der Waals surface area contributed by atoms with Gasteiger partial charge in [-0.3, -0.25) is 4.57 Å². The van der Waals surface area contributed by atoms with Gasteiger partial charge in [0.1, 0.15) is 6.61 Å². The number of nitrogens with one attached hydrogen (secondary N) is 1. The Balaban J connectivity index is 2.32. The van der Waals surface area contributed by atoms with E-state index in [-0.39, 0.29) is 32.5 Å². The largest absolute Gasteiger partial charge is 0.445 e. The Morgan fingerprint density at radius 1 is 1.22 bits per heavy atom. The summed E-state index contributed by atoms with van der Waals surface area (Å²) in [6.07, 6.45) is -1.90. The fourth-order valence-electron chi connectivity index (χ4n) is 1.83. The number of benzene rings is 1. The molecule has 8 heteroatoms. The third kappa shape index (κ3) is 8.13. The van der Waals surface area contributed by atoms with Gasteiger partial charge in [0.25, 0.3) is 0 Å². The maximum atomic E-state index is 12.2. The van der Waals surface area contributed by atoms with Crippen LogP contribution in [0.5, 0.6) is 0 Å². The molecule has 0 radical (unpaired) electrons. The van der Waals surface area contributed by atoms with Crippen LogP contribution < -0.4 is 5.32 Å². The molecule has 1 rings (SSSR count). The lowest BCUT2D eigenvalue weighted by Gasteiger charge is -2.20. The van der Waals surface area contributed by atoms with Crippen molar-refractivity contribution >= 4 is 13.7 Å². The molecule has 0 fully saturated rings. The van der Waals surface area contributed by atoms with Gasteiger partial charge in [0.2, 0.25) is 0 Å². The van der Waals surface area contributed by atoms with E-state index in [1.165, 1.54) is 0 Å². The van der Waals surface area contributed by atoms with Gasteiger partial charge >= 0.3 is 13.7 Å². The van der Waals surface area contributed by atoms with Gasteiger partial charge in [-0.1, -0.05) is 30.3 Å². The molecule has 0 aliphatic carbocycles. The summed E-state index contributed by atoms with van der Waals surface area (Å²) in [4.78, 5) is 11.6. The minimum Gasteiger partial charge on any atom is -0.445 e. The van der Waals surface area contributed by atoms with Crippen molar-refractivity contribution in [2.75, 3.05) is 25.9 Å². The Kier molecular flexibility index (Phi) is 8.87. The Morgan fingerprint density at radius 3 is 2.39 bits per heavy atom. The van der Waals surface area contributed by atoms with Gasteiger partial charge in [-0.05, 0) is 19.4 Å². The van der Waals surface area contributed by atoms with Gasteiger partial charge in [0.05, 0.1) is 25.5 Å². The Bertz CT molecular complexity index is 500. The second kappa shape index (κ2) is 10.4. The van der Waals surface area contributed by atoms with Crippen molar-refractivity contribution in [2.24, 2.45) is 0 Å². The summed E-state index contributed by atoms with van der Waals surface area (Å²) in [5, 5.41) is 12.3. The third-order valence-corrected chi connectivity index (χ3v) is 4.95. The Labute approximate surface area is 136 Å². The monoisotopic (exact) mass is 345 g/mol. The molecule has 1 atom stereocenters. The lowest BCUT2D eigenvalue weighted by atomic mass is 10.2. The second-order valence-corrected chi connectivity index (χ2v) is 6.83. The van der Waals surface area contributed by atoms with Crippen molar-refractivity contribution in [3.63, 3.8) is 0 Å². The van der Waals surface area contributed by atoms with Crippen LogP contribution in [0.1, 0.15) is 19.4 Å². The number of carbonyl (C=O) groups is 1. The number of rotatable bonds is 10. The number of hydrogen-bond acceptors (Lipinski definition) is 6. The minimum absolute atomic E-state index is 0.0994. The number of hydrogen-bond donors (Lipinski definition) is 2. The van der Waals surface area contributed by atoms with Crippen molar-refractivity contribution in [1.82, 2.24) is 5.32 Å². The maximum Gasteiger partial charge on any atom is 0.407 e. The molecule has 0 saturated heterocycles. The quantitative estimate of drug-likeness (QED) is 0.633. The number of aliphatic hydroxyl groups is 1. The summed E-state index contributed by atoms with van der Waals surface area (Å²) >= 11 is 0. The zero-order chi connectivity index (χ0) is 17.1. The van der Waals surface area contributed by atoms with Crippen LogP contribution in [0.4, 0.5) is 4.79 Å². The highest BCUT2D eigenvalue weighted by Gasteiger charge is 2.27. The number of amides is 1. The van der Waals surface area contributed by atoms with Crippen LogP contribution in [-0.2, 0) is 25.0 Å². The molecule has 0 aliphatic heterocycles. The molecular formula is C15H24NO6P. The highest BCUT2D eigenvalue weighted by Crippen LogP contribution is 2.48. The van der Waals surface area contributed by atoms with Gasteiger partial charge in [-0.2, -0.15) is 0 Å². The molecule has 130 valence electrons. The van der Waals surface area contributed by atoms with Gasteiger partial charge in [-0.15, -0.1) is 0 Å².